The molecule has 2 aromatic carbocycles. The number of halogens is 1. The fourth-order valence-corrected chi connectivity index (χ4v) is 2.56. The van der Waals surface area contributed by atoms with Gasteiger partial charge in [0.05, 0.1) is 19.9 Å². The number of hydrazine groups is 1. The second-order valence-electron chi connectivity index (χ2n) is 5.22. The maximum atomic E-state index is 12.6. The highest BCUT2D eigenvalue weighted by atomic mass is 35.5. The molecule has 2 aromatic rings. The summed E-state index contributed by atoms with van der Waals surface area (Å²) in [4.78, 5) is 24.9. The van der Waals surface area contributed by atoms with E-state index >= 15 is 0 Å². The Balaban J connectivity index is 1.97. The maximum Gasteiger partial charge on any atom is 0.282 e. The number of hydrogen-bond acceptors (Lipinski definition) is 4. The van der Waals surface area contributed by atoms with Gasteiger partial charge >= 0.3 is 0 Å². The van der Waals surface area contributed by atoms with Gasteiger partial charge in [-0.25, -0.2) is 5.01 Å². The van der Waals surface area contributed by atoms with E-state index in [9.17, 15) is 9.59 Å². The molecule has 1 aliphatic heterocycles. The van der Waals surface area contributed by atoms with Gasteiger partial charge in [0.1, 0.15) is 17.1 Å². The van der Waals surface area contributed by atoms with Crippen LogP contribution in [0.5, 0.6) is 11.5 Å². The summed E-state index contributed by atoms with van der Waals surface area (Å²) in [7, 11) is 3.05. The first kappa shape index (κ1) is 16.9. The summed E-state index contributed by atoms with van der Waals surface area (Å²) in [6, 6.07) is 11.7. The zero-order valence-electron chi connectivity index (χ0n) is 13.6. The quantitative estimate of drug-likeness (QED) is 0.674. The zero-order chi connectivity index (χ0) is 18.0. The van der Waals surface area contributed by atoms with Crippen LogP contribution in [0, 0.1) is 0 Å². The van der Waals surface area contributed by atoms with Crippen LogP contribution in [0.3, 0.4) is 0 Å². The third-order valence-electron chi connectivity index (χ3n) is 3.71. The Morgan fingerprint density at radius 2 is 1.76 bits per heavy atom. The van der Waals surface area contributed by atoms with E-state index in [-0.39, 0.29) is 5.57 Å². The van der Waals surface area contributed by atoms with Crippen molar-refractivity contribution in [1.82, 2.24) is 5.43 Å². The van der Waals surface area contributed by atoms with Crippen molar-refractivity contribution < 1.29 is 19.1 Å². The van der Waals surface area contributed by atoms with Gasteiger partial charge < -0.3 is 9.47 Å². The average molecular weight is 359 g/mol. The summed E-state index contributed by atoms with van der Waals surface area (Å²) >= 11 is 5.85. The minimum absolute atomic E-state index is 0.00139. The molecule has 1 aliphatic rings. The Labute approximate surface area is 149 Å². The molecule has 7 heteroatoms. The number of carbonyl (C=O) groups is 2. The van der Waals surface area contributed by atoms with Crippen molar-refractivity contribution >= 4 is 35.2 Å². The third kappa shape index (κ3) is 3.29. The number of benzene rings is 2. The Hall–Kier alpha value is -2.99. The molecule has 3 rings (SSSR count). The minimum atomic E-state index is -0.496. The van der Waals surface area contributed by atoms with E-state index in [0.29, 0.717) is 27.8 Å². The van der Waals surface area contributed by atoms with Crippen molar-refractivity contribution in [2.75, 3.05) is 19.2 Å². The van der Waals surface area contributed by atoms with Gasteiger partial charge in [-0.15, -0.1) is 0 Å². The third-order valence-corrected chi connectivity index (χ3v) is 3.96. The molecule has 0 radical (unpaired) electrons. The second-order valence-corrected chi connectivity index (χ2v) is 5.66. The van der Waals surface area contributed by atoms with Crippen LogP contribution in [0.15, 0.2) is 48.0 Å². The Kier molecular flexibility index (Phi) is 4.63. The first-order valence-corrected chi connectivity index (χ1v) is 7.76. The van der Waals surface area contributed by atoms with Gasteiger partial charge in [0.25, 0.3) is 11.8 Å². The molecule has 0 unspecified atom stereocenters. The molecule has 6 nitrogen and oxygen atoms in total. The molecule has 0 aliphatic carbocycles. The standard InChI is InChI=1S/C18H15ClN2O4/c1-24-14-7-8-16(25-2)11(9-14)10-15-17(22)20-21(18(15)23)13-5-3-12(19)4-6-13/h3-10H,1-2H3,(H,20,22)/b15-10+. The minimum Gasteiger partial charge on any atom is -0.497 e. The largest absolute Gasteiger partial charge is 0.497 e. The van der Waals surface area contributed by atoms with Gasteiger partial charge in [0, 0.05) is 10.6 Å². The lowest BCUT2D eigenvalue weighted by Crippen LogP contribution is -2.35. The molecular weight excluding hydrogens is 344 g/mol. The normalized spacial score (nSPS) is 15.5. The molecule has 128 valence electrons. The average Bonchev–Trinajstić information content (AvgIpc) is 2.90. The first-order valence-electron chi connectivity index (χ1n) is 7.38. The summed E-state index contributed by atoms with van der Waals surface area (Å²) in [5.41, 5.74) is 3.62. The number of methoxy groups -OCH3 is 2. The molecule has 25 heavy (non-hydrogen) atoms. The van der Waals surface area contributed by atoms with E-state index < -0.39 is 11.8 Å². The highest BCUT2D eigenvalue weighted by molar-refractivity contribution is 6.32. The first-order chi connectivity index (χ1) is 12.0. The Morgan fingerprint density at radius 3 is 2.40 bits per heavy atom. The number of nitrogens with zero attached hydrogens (tertiary/aromatic N) is 1. The summed E-state index contributed by atoms with van der Waals surface area (Å²) < 4.78 is 10.5. The van der Waals surface area contributed by atoms with Crippen molar-refractivity contribution in [3.63, 3.8) is 0 Å². The lowest BCUT2D eigenvalue weighted by molar-refractivity contribution is -0.117. The number of ether oxygens (including phenoxy) is 2. The predicted molar refractivity (Wildman–Crippen MR) is 94.6 cm³/mol. The van der Waals surface area contributed by atoms with Gasteiger partial charge in [-0.05, 0) is 48.5 Å². The van der Waals surface area contributed by atoms with Crippen LogP contribution >= 0.6 is 11.6 Å². The van der Waals surface area contributed by atoms with E-state index in [1.54, 1.807) is 42.5 Å². The smallest absolute Gasteiger partial charge is 0.282 e. The number of amides is 2. The van der Waals surface area contributed by atoms with Crippen LogP contribution in [-0.4, -0.2) is 26.0 Å². The lowest BCUT2D eigenvalue weighted by Gasteiger charge is -2.14. The van der Waals surface area contributed by atoms with E-state index in [2.05, 4.69) is 5.43 Å². The van der Waals surface area contributed by atoms with Crippen LogP contribution in [0.2, 0.25) is 5.02 Å². The van der Waals surface area contributed by atoms with Crippen molar-refractivity contribution in [2.45, 2.75) is 0 Å². The fourth-order valence-electron chi connectivity index (χ4n) is 2.44. The second kappa shape index (κ2) is 6.86. The number of hydrogen-bond donors (Lipinski definition) is 1. The number of nitrogens with one attached hydrogen (secondary N) is 1. The van der Waals surface area contributed by atoms with Crippen LogP contribution in [-0.2, 0) is 9.59 Å². The molecule has 1 heterocycles. The fraction of sp³-hybridized carbons (Fsp3) is 0.111. The summed E-state index contributed by atoms with van der Waals surface area (Å²) in [5.74, 6) is 0.161. The molecule has 0 saturated carbocycles. The zero-order valence-corrected chi connectivity index (χ0v) is 14.3. The van der Waals surface area contributed by atoms with E-state index in [1.807, 2.05) is 0 Å². The molecule has 1 N–H and O–H groups in total. The van der Waals surface area contributed by atoms with Crippen molar-refractivity contribution in [2.24, 2.45) is 0 Å². The molecule has 1 saturated heterocycles. The van der Waals surface area contributed by atoms with E-state index in [4.69, 9.17) is 21.1 Å². The van der Waals surface area contributed by atoms with Gasteiger partial charge in [0.15, 0.2) is 0 Å². The number of anilines is 1. The van der Waals surface area contributed by atoms with Crippen molar-refractivity contribution in [3.8, 4) is 11.5 Å². The highest BCUT2D eigenvalue weighted by Crippen LogP contribution is 2.28. The SMILES string of the molecule is COc1ccc(OC)c(/C=C2\C(=O)NN(c3ccc(Cl)cc3)C2=O)c1. The molecule has 0 spiro atoms. The Bertz CT molecular complexity index is 862. The monoisotopic (exact) mass is 358 g/mol. The lowest BCUT2D eigenvalue weighted by atomic mass is 10.1. The van der Waals surface area contributed by atoms with Crippen LogP contribution in [0.25, 0.3) is 6.08 Å². The summed E-state index contributed by atoms with van der Waals surface area (Å²) in [6.45, 7) is 0. The summed E-state index contributed by atoms with van der Waals surface area (Å²) in [6.07, 6.45) is 1.48. The predicted octanol–water partition coefficient (Wildman–Crippen LogP) is 2.82. The van der Waals surface area contributed by atoms with Crippen LogP contribution in [0.4, 0.5) is 5.69 Å². The van der Waals surface area contributed by atoms with Crippen molar-refractivity contribution in [1.29, 1.82) is 0 Å². The molecule has 0 bridgehead atoms. The number of carbonyl (C=O) groups excluding carboxylic acids is 2. The van der Waals surface area contributed by atoms with E-state index in [1.165, 1.54) is 25.3 Å². The highest BCUT2D eigenvalue weighted by Gasteiger charge is 2.34. The molecule has 0 atom stereocenters. The molecular formula is C18H15ClN2O4. The van der Waals surface area contributed by atoms with Gasteiger partial charge in [0.2, 0.25) is 0 Å². The van der Waals surface area contributed by atoms with E-state index in [0.717, 1.165) is 0 Å². The van der Waals surface area contributed by atoms with Crippen molar-refractivity contribution in [3.05, 3.63) is 58.6 Å². The van der Waals surface area contributed by atoms with Gasteiger partial charge in [-0.3, -0.25) is 15.0 Å². The Morgan fingerprint density at radius 1 is 1.04 bits per heavy atom. The van der Waals surface area contributed by atoms with Crippen LogP contribution in [0.1, 0.15) is 5.56 Å². The number of rotatable bonds is 4. The topological polar surface area (TPSA) is 67.9 Å². The molecule has 0 aromatic heterocycles. The molecule has 1 fully saturated rings. The summed E-state index contributed by atoms with van der Waals surface area (Å²) in [5, 5.41) is 1.72. The molecule has 2 amide bonds. The van der Waals surface area contributed by atoms with Gasteiger partial charge in [-0.1, -0.05) is 11.6 Å². The van der Waals surface area contributed by atoms with Crippen LogP contribution < -0.4 is 19.9 Å². The van der Waals surface area contributed by atoms with Gasteiger partial charge in [-0.2, -0.15) is 0 Å². The maximum absolute atomic E-state index is 12.6.